The van der Waals surface area contributed by atoms with E-state index in [0.717, 1.165) is 11.3 Å². The minimum absolute atomic E-state index is 0.0613. The molecule has 72 valence electrons. The lowest BCUT2D eigenvalue weighted by Gasteiger charge is -2.08. The van der Waals surface area contributed by atoms with E-state index in [1.807, 2.05) is 19.9 Å². The van der Waals surface area contributed by atoms with E-state index >= 15 is 0 Å². The number of fused-ring (bicyclic) bond motifs is 1. The minimum Gasteiger partial charge on any atom is -0.762 e. The molecule has 14 heavy (non-hydrogen) atoms. The van der Waals surface area contributed by atoms with Crippen molar-refractivity contribution in [1.82, 2.24) is 9.97 Å². The third-order valence-electron chi connectivity index (χ3n) is 2.09. The van der Waals surface area contributed by atoms with Crippen molar-refractivity contribution in [2.45, 2.75) is 18.9 Å². The van der Waals surface area contributed by atoms with Crippen LogP contribution in [0, 0.1) is 13.8 Å². The first-order valence-electron chi connectivity index (χ1n) is 4.26. The van der Waals surface area contributed by atoms with E-state index in [1.54, 1.807) is 0 Å². The molecule has 0 bridgehead atoms. The summed E-state index contributed by atoms with van der Waals surface area (Å²) in [6.45, 7) is 3.79. The summed E-state index contributed by atoms with van der Waals surface area (Å²) in [6, 6.07) is 3.31. The Morgan fingerprint density at radius 1 is 1.36 bits per heavy atom. The summed E-state index contributed by atoms with van der Waals surface area (Å²) in [4.78, 5) is 18.8. The summed E-state index contributed by atoms with van der Waals surface area (Å²) in [6.07, 6.45) is 0. The van der Waals surface area contributed by atoms with Crippen LogP contribution in [0.25, 0.3) is 11.0 Å². The predicted octanol–water partition coefficient (Wildman–Crippen LogP) is 1.45. The Morgan fingerprint density at radius 3 is 2.79 bits per heavy atom. The smallest absolute Gasteiger partial charge is 0.189 e. The quantitative estimate of drug-likeness (QED) is 0.662. The zero-order chi connectivity index (χ0) is 10.3. The second-order valence-corrected chi connectivity index (χ2v) is 3.74. The topological polar surface area (TPSA) is 45.8 Å². The molecule has 0 aliphatic carbocycles. The van der Waals surface area contributed by atoms with Crippen molar-refractivity contribution in [3.8, 4) is 0 Å². The number of hydrogen-bond acceptors (Lipinski definition) is 3. The minimum atomic E-state index is -0.0613. The molecular formula is C10H9N2OS-. The number of rotatable bonds is 0. The molecule has 0 amide bonds. The van der Waals surface area contributed by atoms with Crippen LogP contribution in [0.2, 0.25) is 0 Å². The maximum absolute atomic E-state index is 11.6. The van der Waals surface area contributed by atoms with Gasteiger partial charge in [-0.3, -0.25) is 4.79 Å². The summed E-state index contributed by atoms with van der Waals surface area (Å²) in [5.74, 6) is 0. The monoisotopic (exact) mass is 205 g/mol. The predicted molar refractivity (Wildman–Crippen MR) is 57.5 cm³/mol. The number of nitrogens with one attached hydrogen (secondary N) is 1. The molecule has 2 heterocycles. The molecule has 0 atom stereocenters. The van der Waals surface area contributed by atoms with Gasteiger partial charge >= 0.3 is 0 Å². The first-order chi connectivity index (χ1) is 6.58. The molecule has 1 N–H and O–H groups in total. The molecule has 2 rings (SSSR count). The molecule has 2 aromatic heterocycles. The van der Waals surface area contributed by atoms with Gasteiger partial charge in [-0.2, -0.15) is 0 Å². The summed E-state index contributed by atoms with van der Waals surface area (Å²) in [5.41, 5.74) is 2.34. The van der Waals surface area contributed by atoms with Crippen molar-refractivity contribution in [3.63, 3.8) is 0 Å². The Balaban J connectivity index is 3.02. The summed E-state index contributed by atoms with van der Waals surface area (Å²) in [7, 11) is 0. The van der Waals surface area contributed by atoms with Crippen molar-refractivity contribution in [3.05, 3.63) is 33.6 Å². The average Bonchev–Trinajstić information content (AvgIpc) is 1.99. The van der Waals surface area contributed by atoms with Gasteiger partial charge in [0.1, 0.15) is 5.65 Å². The van der Waals surface area contributed by atoms with Gasteiger partial charge in [0.25, 0.3) is 0 Å². The van der Waals surface area contributed by atoms with E-state index in [1.165, 1.54) is 6.07 Å². The largest absolute Gasteiger partial charge is 0.762 e. The molecule has 0 aromatic carbocycles. The molecule has 0 unspecified atom stereocenters. The highest BCUT2D eigenvalue weighted by atomic mass is 32.1. The van der Waals surface area contributed by atoms with Gasteiger partial charge in [-0.25, -0.2) is 4.98 Å². The van der Waals surface area contributed by atoms with E-state index in [-0.39, 0.29) is 5.43 Å². The van der Waals surface area contributed by atoms with Crippen molar-refractivity contribution < 1.29 is 0 Å². The summed E-state index contributed by atoms with van der Waals surface area (Å²) < 4.78 is 0. The molecule has 0 spiro atoms. The van der Waals surface area contributed by atoms with Crippen LogP contribution in [0.5, 0.6) is 0 Å². The standard InChI is InChI=1S/C10H10N2OS/c1-5-3-6(2)11-10-9(5)7(13)4-8(14)12-10/h3-4H,1-2H3,(H2,11,12,13,14)/p-1. The Labute approximate surface area is 86.6 Å². The SMILES string of the molecule is Cc1cc(C)c2c(=O)cc([S-])[nH]c2n1. The molecule has 2 aromatic rings. The lowest BCUT2D eigenvalue weighted by atomic mass is 10.1. The Bertz CT molecular complexity index is 555. The number of pyridine rings is 2. The van der Waals surface area contributed by atoms with Gasteiger partial charge in [-0.05, 0) is 31.5 Å². The Kier molecular flexibility index (Phi) is 2.00. The van der Waals surface area contributed by atoms with Gasteiger partial charge in [-0.15, -0.1) is 5.03 Å². The lowest BCUT2D eigenvalue weighted by Crippen LogP contribution is -2.06. The molecular weight excluding hydrogens is 196 g/mol. The average molecular weight is 205 g/mol. The van der Waals surface area contributed by atoms with Crippen LogP contribution >= 0.6 is 0 Å². The normalized spacial score (nSPS) is 10.7. The van der Waals surface area contributed by atoms with Gasteiger partial charge in [0.05, 0.1) is 5.39 Å². The van der Waals surface area contributed by atoms with E-state index in [2.05, 4.69) is 9.97 Å². The van der Waals surface area contributed by atoms with E-state index in [0.29, 0.717) is 16.1 Å². The maximum Gasteiger partial charge on any atom is 0.189 e. The summed E-state index contributed by atoms with van der Waals surface area (Å²) >= 11 is 4.92. The van der Waals surface area contributed by atoms with Crippen molar-refractivity contribution >= 4 is 23.7 Å². The lowest BCUT2D eigenvalue weighted by molar-refractivity contribution is 1.11. The van der Waals surface area contributed by atoms with Gasteiger partial charge in [-0.1, -0.05) is 0 Å². The molecule has 0 radical (unpaired) electrons. The van der Waals surface area contributed by atoms with Gasteiger partial charge in [0.15, 0.2) is 5.43 Å². The van der Waals surface area contributed by atoms with Crippen molar-refractivity contribution in [2.75, 3.05) is 0 Å². The van der Waals surface area contributed by atoms with Gasteiger partial charge < -0.3 is 17.6 Å². The zero-order valence-corrected chi connectivity index (χ0v) is 8.73. The molecule has 0 fully saturated rings. The number of hydrogen-bond donors (Lipinski definition) is 1. The number of H-pyrrole nitrogens is 1. The Morgan fingerprint density at radius 2 is 2.07 bits per heavy atom. The van der Waals surface area contributed by atoms with Crippen molar-refractivity contribution in [1.29, 1.82) is 0 Å². The molecule has 0 saturated carbocycles. The van der Waals surface area contributed by atoms with Crippen LogP contribution in [0.4, 0.5) is 0 Å². The highest BCUT2D eigenvalue weighted by Gasteiger charge is 2.03. The van der Waals surface area contributed by atoms with Gasteiger partial charge in [0.2, 0.25) is 0 Å². The van der Waals surface area contributed by atoms with Crippen LogP contribution in [0.3, 0.4) is 0 Å². The number of aromatic amines is 1. The molecule has 4 heteroatoms. The fraction of sp³-hybridized carbons (Fsp3) is 0.200. The molecule has 0 saturated heterocycles. The fourth-order valence-electron chi connectivity index (χ4n) is 1.58. The van der Waals surface area contributed by atoms with Crippen LogP contribution in [0.15, 0.2) is 22.0 Å². The molecule has 0 aliphatic heterocycles. The highest BCUT2D eigenvalue weighted by molar-refractivity contribution is 7.58. The van der Waals surface area contributed by atoms with Crippen LogP contribution < -0.4 is 5.43 Å². The Hall–Kier alpha value is -1.42. The maximum atomic E-state index is 11.6. The third kappa shape index (κ3) is 1.37. The zero-order valence-electron chi connectivity index (χ0n) is 7.92. The highest BCUT2D eigenvalue weighted by Crippen LogP contribution is 2.12. The number of aromatic nitrogens is 2. The number of aryl methyl sites for hydroxylation is 2. The van der Waals surface area contributed by atoms with E-state index < -0.39 is 0 Å². The van der Waals surface area contributed by atoms with E-state index in [4.69, 9.17) is 12.6 Å². The second kappa shape index (κ2) is 3.06. The van der Waals surface area contributed by atoms with Crippen molar-refractivity contribution in [2.24, 2.45) is 0 Å². The first-order valence-corrected chi connectivity index (χ1v) is 4.67. The third-order valence-corrected chi connectivity index (χ3v) is 2.31. The first kappa shape index (κ1) is 9.15. The van der Waals surface area contributed by atoms with E-state index in [9.17, 15) is 4.79 Å². The van der Waals surface area contributed by atoms with Crippen LogP contribution in [-0.4, -0.2) is 9.97 Å². The summed E-state index contributed by atoms with van der Waals surface area (Å²) in [5, 5.41) is 1.06. The molecule has 3 nitrogen and oxygen atoms in total. The van der Waals surface area contributed by atoms with Gasteiger partial charge in [0, 0.05) is 5.69 Å². The number of nitrogens with zero attached hydrogens (tertiary/aromatic N) is 1. The van der Waals surface area contributed by atoms with Crippen LogP contribution in [0.1, 0.15) is 11.3 Å². The second-order valence-electron chi connectivity index (χ2n) is 3.30. The molecule has 0 aliphatic rings. The van der Waals surface area contributed by atoms with Crippen LogP contribution in [-0.2, 0) is 12.6 Å². The fourth-order valence-corrected chi connectivity index (χ4v) is 1.79.